The highest BCUT2D eigenvalue weighted by Crippen LogP contribution is 2.37. The SMILES string of the molecule is CCC(C(=O)OC)C1(O)CCN(C2CC2)C1. The van der Waals surface area contributed by atoms with Gasteiger partial charge in [-0.3, -0.25) is 9.69 Å². The fourth-order valence-electron chi connectivity index (χ4n) is 2.79. The molecule has 2 unspecified atom stereocenters. The van der Waals surface area contributed by atoms with Gasteiger partial charge < -0.3 is 9.84 Å². The fourth-order valence-corrected chi connectivity index (χ4v) is 2.79. The molecule has 0 radical (unpaired) electrons. The van der Waals surface area contributed by atoms with Crippen LogP contribution in [0.2, 0.25) is 0 Å². The van der Waals surface area contributed by atoms with E-state index < -0.39 is 5.60 Å². The van der Waals surface area contributed by atoms with Crippen LogP contribution < -0.4 is 0 Å². The number of aliphatic hydroxyl groups is 1. The maximum absolute atomic E-state index is 11.6. The molecule has 0 amide bonds. The number of rotatable bonds is 4. The summed E-state index contributed by atoms with van der Waals surface area (Å²) in [5.74, 6) is -0.649. The van der Waals surface area contributed by atoms with E-state index >= 15 is 0 Å². The molecule has 1 heterocycles. The zero-order chi connectivity index (χ0) is 11.8. The zero-order valence-corrected chi connectivity index (χ0v) is 10.1. The van der Waals surface area contributed by atoms with Gasteiger partial charge in [-0.05, 0) is 25.7 Å². The lowest BCUT2D eigenvalue weighted by Gasteiger charge is -2.30. The molecule has 1 N–H and O–H groups in total. The minimum atomic E-state index is -0.871. The molecule has 0 aromatic rings. The van der Waals surface area contributed by atoms with Gasteiger partial charge in [0.05, 0.1) is 18.6 Å². The summed E-state index contributed by atoms with van der Waals surface area (Å²) in [6.07, 6.45) is 3.81. The van der Waals surface area contributed by atoms with E-state index in [2.05, 4.69) is 4.90 Å². The molecule has 1 aliphatic heterocycles. The third kappa shape index (κ3) is 2.09. The lowest BCUT2D eigenvalue weighted by Crippen LogP contribution is -2.45. The van der Waals surface area contributed by atoms with Crippen LogP contribution in [0.3, 0.4) is 0 Å². The Hall–Kier alpha value is -0.610. The topological polar surface area (TPSA) is 49.8 Å². The van der Waals surface area contributed by atoms with Gasteiger partial charge >= 0.3 is 5.97 Å². The minimum Gasteiger partial charge on any atom is -0.469 e. The lowest BCUT2D eigenvalue weighted by atomic mass is 9.84. The second-order valence-electron chi connectivity index (χ2n) is 5.04. The van der Waals surface area contributed by atoms with Crippen LogP contribution in [-0.4, -0.2) is 47.8 Å². The molecule has 4 nitrogen and oxygen atoms in total. The molecule has 2 aliphatic rings. The average molecular weight is 227 g/mol. The van der Waals surface area contributed by atoms with Crippen LogP contribution in [-0.2, 0) is 9.53 Å². The summed E-state index contributed by atoms with van der Waals surface area (Å²) in [7, 11) is 1.39. The van der Waals surface area contributed by atoms with Crippen molar-refractivity contribution in [3.63, 3.8) is 0 Å². The van der Waals surface area contributed by atoms with Crippen molar-refractivity contribution in [1.82, 2.24) is 4.90 Å². The number of ether oxygens (including phenoxy) is 1. The van der Waals surface area contributed by atoms with Crippen molar-refractivity contribution in [2.24, 2.45) is 5.92 Å². The van der Waals surface area contributed by atoms with Crippen LogP contribution in [0.4, 0.5) is 0 Å². The predicted molar refractivity (Wildman–Crippen MR) is 60.0 cm³/mol. The molecule has 2 atom stereocenters. The Balaban J connectivity index is 2.02. The van der Waals surface area contributed by atoms with E-state index in [0.717, 1.165) is 6.54 Å². The van der Waals surface area contributed by atoms with Crippen LogP contribution in [0.15, 0.2) is 0 Å². The van der Waals surface area contributed by atoms with Crippen LogP contribution in [0, 0.1) is 5.92 Å². The lowest BCUT2D eigenvalue weighted by molar-refractivity contribution is -0.155. The van der Waals surface area contributed by atoms with Crippen molar-refractivity contribution >= 4 is 5.97 Å². The second-order valence-corrected chi connectivity index (χ2v) is 5.04. The molecular weight excluding hydrogens is 206 g/mol. The number of methoxy groups -OCH3 is 1. The molecule has 0 bridgehead atoms. The van der Waals surface area contributed by atoms with E-state index in [9.17, 15) is 9.90 Å². The predicted octanol–water partition coefficient (Wildman–Crippen LogP) is 0.785. The van der Waals surface area contributed by atoms with Gasteiger partial charge in [-0.25, -0.2) is 0 Å². The number of likely N-dealkylation sites (tertiary alicyclic amines) is 1. The first-order chi connectivity index (χ1) is 7.60. The van der Waals surface area contributed by atoms with Gasteiger partial charge in [0.25, 0.3) is 0 Å². The largest absolute Gasteiger partial charge is 0.469 e. The molecule has 0 aromatic carbocycles. The van der Waals surface area contributed by atoms with E-state index in [1.807, 2.05) is 6.92 Å². The van der Waals surface area contributed by atoms with Gasteiger partial charge in [0.15, 0.2) is 0 Å². The molecule has 1 aliphatic carbocycles. The molecule has 1 saturated carbocycles. The highest BCUT2D eigenvalue weighted by Gasteiger charge is 2.48. The Morgan fingerprint density at radius 2 is 2.31 bits per heavy atom. The van der Waals surface area contributed by atoms with Crippen molar-refractivity contribution < 1.29 is 14.6 Å². The van der Waals surface area contributed by atoms with Gasteiger partial charge in [0, 0.05) is 19.1 Å². The summed E-state index contributed by atoms with van der Waals surface area (Å²) in [6.45, 7) is 3.47. The highest BCUT2D eigenvalue weighted by molar-refractivity contribution is 5.73. The maximum atomic E-state index is 11.6. The molecular formula is C12H21NO3. The first-order valence-corrected chi connectivity index (χ1v) is 6.15. The van der Waals surface area contributed by atoms with E-state index in [1.54, 1.807) is 0 Å². The van der Waals surface area contributed by atoms with Crippen molar-refractivity contribution in [1.29, 1.82) is 0 Å². The molecule has 16 heavy (non-hydrogen) atoms. The molecule has 2 rings (SSSR count). The summed E-state index contributed by atoms with van der Waals surface area (Å²) in [5, 5.41) is 10.6. The number of β-amino-alcohol motifs (C(OH)–C–C–N with tert-alkyl or cyclic N) is 1. The summed E-state index contributed by atoms with van der Waals surface area (Å²) < 4.78 is 4.77. The first-order valence-electron chi connectivity index (χ1n) is 6.15. The van der Waals surface area contributed by atoms with E-state index in [-0.39, 0.29) is 11.9 Å². The van der Waals surface area contributed by atoms with Gasteiger partial charge in [-0.15, -0.1) is 0 Å². The first kappa shape index (κ1) is 11.9. The van der Waals surface area contributed by atoms with Gasteiger partial charge in [-0.1, -0.05) is 6.92 Å². The minimum absolute atomic E-state index is 0.275. The molecule has 92 valence electrons. The molecule has 4 heteroatoms. The number of hydrogen-bond acceptors (Lipinski definition) is 4. The number of hydrogen-bond donors (Lipinski definition) is 1. The fraction of sp³-hybridized carbons (Fsp3) is 0.917. The third-order valence-electron chi connectivity index (χ3n) is 3.91. The summed E-state index contributed by atoms with van der Waals surface area (Å²) >= 11 is 0. The van der Waals surface area contributed by atoms with Gasteiger partial charge in [-0.2, -0.15) is 0 Å². The van der Waals surface area contributed by atoms with Crippen molar-refractivity contribution in [3.05, 3.63) is 0 Å². The van der Waals surface area contributed by atoms with E-state index in [0.29, 0.717) is 25.4 Å². The van der Waals surface area contributed by atoms with Crippen LogP contribution >= 0.6 is 0 Å². The normalized spacial score (nSPS) is 32.7. The number of esters is 1. The second kappa shape index (κ2) is 4.34. The molecule has 2 fully saturated rings. The molecule has 0 aromatic heterocycles. The quantitative estimate of drug-likeness (QED) is 0.721. The highest BCUT2D eigenvalue weighted by atomic mass is 16.5. The van der Waals surface area contributed by atoms with Gasteiger partial charge in [0.1, 0.15) is 0 Å². The van der Waals surface area contributed by atoms with Crippen molar-refractivity contribution in [3.8, 4) is 0 Å². The average Bonchev–Trinajstić information content (AvgIpc) is 3.04. The Morgan fingerprint density at radius 3 is 2.81 bits per heavy atom. The Morgan fingerprint density at radius 1 is 1.62 bits per heavy atom. The van der Waals surface area contributed by atoms with E-state index in [4.69, 9.17) is 4.74 Å². The van der Waals surface area contributed by atoms with Crippen LogP contribution in [0.25, 0.3) is 0 Å². The van der Waals surface area contributed by atoms with Crippen LogP contribution in [0.5, 0.6) is 0 Å². The third-order valence-corrected chi connectivity index (χ3v) is 3.91. The summed E-state index contributed by atoms with van der Waals surface area (Å²) in [5.41, 5.74) is -0.871. The standard InChI is InChI=1S/C12H21NO3/c1-3-10(11(14)16-2)12(15)6-7-13(8-12)9-4-5-9/h9-10,15H,3-8H2,1-2H3. The Labute approximate surface area is 96.6 Å². The molecule has 1 saturated heterocycles. The maximum Gasteiger partial charge on any atom is 0.311 e. The Bertz CT molecular complexity index is 277. The molecule has 0 spiro atoms. The van der Waals surface area contributed by atoms with Crippen molar-refractivity contribution in [2.75, 3.05) is 20.2 Å². The summed E-state index contributed by atoms with van der Waals surface area (Å²) in [4.78, 5) is 13.9. The smallest absolute Gasteiger partial charge is 0.311 e. The van der Waals surface area contributed by atoms with Crippen molar-refractivity contribution in [2.45, 2.75) is 44.2 Å². The number of nitrogens with zero attached hydrogens (tertiary/aromatic N) is 1. The van der Waals surface area contributed by atoms with E-state index in [1.165, 1.54) is 20.0 Å². The number of carbonyl (C=O) groups is 1. The van der Waals surface area contributed by atoms with Gasteiger partial charge in [0.2, 0.25) is 0 Å². The Kier molecular flexibility index (Phi) is 3.22. The van der Waals surface area contributed by atoms with Crippen LogP contribution in [0.1, 0.15) is 32.6 Å². The monoisotopic (exact) mass is 227 g/mol. The zero-order valence-electron chi connectivity index (χ0n) is 10.1. The summed E-state index contributed by atoms with van der Waals surface area (Å²) in [6, 6.07) is 0.657. The number of carbonyl (C=O) groups excluding carboxylic acids is 1.